The van der Waals surface area contributed by atoms with Gasteiger partial charge in [-0.05, 0) is 31.9 Å². The Hall–Kier alpha value is -1.72. The molecule has 2 atom stereocenters. The molecule has 1 heterocycles. The van der Waals surface area contributed by atoms with Crippen LogP contribution in [0.3, 0.4) is 0 Å². The van der Waals surface area contributed by atoms with E-state index in [1.54, 1.807) is 24.3 Å². The lowest BCUT2D eigenvalue weighted by Crippen LogP contribution is -2.49. The summed E-state index contributed by atoms with van der Waals surface area (Å²) in [6.45, 7) is 3.10. The van der Waals surface area contributed by atoms with Crippen LogP contribution in [0.5, 0.6) is 0 Å². The van der Waals surface area contributed by atoms with Crippen molar-refractivity contribution in [2.45, 2.75) is 31.8 Å². The van der Waals surface area contributed by atoms with Crippen molar-refractivity contribution >= 4 is 11.8 Å². The Kier molecular flexibility index (Phi) is 4.87. The lowest BCUT2D eigenvalue weighted by atomic mass is 9.99. The maximum atomic E-state index is 11.9. The second kappa shape index (κ2) is 6.63. The number of carbonyl (C=O) groups is 2. The van der Waals surface area contributed by atoms with Crippen LogP contribution in [0.15, 0.2) is 30.3 Å². The Balaban J connectivity index is 1.85. The van der Waals surface area contributed by atoms with Crippen molar-refractivity contribution in [2.24, 2.45) is 5.73 Å². The van der Waals surface area contributed by atoms with E-state index in [0.29, 0.717) is 5.56 Å². The Morgan fingerprint density at radius 2 is 2.05 bits per heavy atom. The molecule has 0 radical (unpaired) electrons. The predicted molar refractivity (Wildman–Crippen MR) is 77.2 cm³/mol. The van der Waals surface area contributed by atoms with Crippen LogP contribution in [0.4, 0.5) is 0 Å². The summed E-state index contributed by atoms with van der Waals surface area (Å²) in [7, 11) is 0. The summed E-state index contributed by atoms with van der Waals surface area (Å²) in [5, 5.41) is 2.42. The van der Waals surface area contributed by atoms with E-state index >= 15 is 0 Å². The van der Waals surface area contributed by atoms with Gasteiger partial charge in [-0.2, -0.15) is 0 Å². The molecule has 1 aromatic rings. The van der Waals surface area contributed by atoms with Crippen LogP contribution in [0.1, 0.15) is 30.1 Å². The first-order chi connectivity index (χ1) is 9.56. The second-order valence-corrected chi connectivity index (χ2v) is 5.35. The Labute approximate surface area is 119 Å². The summed E-state index contributed by atoms with van der Waals surface area (Å²) in [6.07, 6.45) is 1.78. The van der Waals surface area contributed by atoms with E-state index in [-0.39, 0.29) is 30.4 Å². The molecule has 2 amide bonds. The van der Waals surface area contributed by atoms with Crippen LogP contribution in [-0.2, 0) is 4.79 Å². The lowest BCUT2D eigenvalue weighted by Gasteiger charge is -2.35. The maximum absolute atomic E-state index is 11.9. The summed E-state index contributed by atoms with van der Waals surface area (Å²) in [5.41, 5.74) is 6.39. The van der Waals surface area contributed by atoms with Crippen LogP contribution in [0.2, 0.25) is 0 Å². The van der Waals surface area contributed by atoms with Gasteiger partial charge < -0.3 is 5.73 Å². The standard InChI is InChI=1S/C15H21N3O2/c1-11-9-13(16)7-8-18(11)10-14(19)17-15(20)12-5-3-2-4-6-12/h2-6,11,13H,7-10,16H2,1H3,(H,17,19,20). The highest BCUT2D eigenvalue weighted by molar-refractivity contribution is 6.05. The van der Waals surface area contributed by atoms with Crippen molar-refractivity contribution in [3.63, 3.8) is 0 Å². The quantitative estimate of drug-likeness (QED) is 0.854. The third kappa shape index (κ3) is 3.88. The van der Waals surface area contributed by atoms with Gasteiger partial charge in [0.15, 0.2) is 0 Å². The topological polar surface area (TPSA) is 75.4 Å². The van der Waals surface area contributed by atoms with E-state index in [4.69, 9.17) is 5.73 Å². The summed E-state index contributed by atoms with van der Waals surface area (Å²) in [5.74, 6) is -0.613. The molecule has 20 heavy (non-hydrogen) atoms. The van der Waals surface area contributed by atoms with Crippen molar-refractivity contribution in [1.82, 2.24) is 10.2 Å². The summed E-state index contributed by atoms with van der Waals surface area (Å²) in [4.78, 5) is 25.8. The van der Waals surface area contributed by atoms with Gasteiger partial charge in [0.25, 0.3) is 5.91 Å². The predicted octanol–water partition coefficient (Wildman–Crippen LogP) is 0.755. The van der Waals surface area contributed by atoms with Crippen LogP contribution in [-0.4, -0.2) is 41.9 Å². The van der Waals surface area contributed by atoms with Gasteiger partial charge in [0, 0.05) is 24.2 Å². The molecule has 0 spiro atoms. The highest BCUT2D eigenvalue weighted by Crippen LogP contribution is 2.15. The minimum Gasteiger partial charge on any atom is -0.328 e. The molecule has 0 aromatic heterocycles. The Bertz CT molecular complexity index is 475. The molecule has 0 aliphatic carbocycles. The van der Waals surface area contributed by atoms with E-state index in [1.165, 1.54) is 0 Å². The number of benzene rings is 1. The minimum absolute atomic E-state index is 0.218. The normalized spacial score (nSPS) is 23.3. The number of imide groups is 1. The number of hydrogen-bond acceptors (Lipinski definition) is 4. The molecule has 1 saturated heterocycles. The van der Waals surface area contributed by atoms with Gasteiger partial charge in [0.2, 0.25) is 5.91 Å². The lowest BCUT2D eigenvalue weighted by molar-refractivity contribution is -0.122. The number of likely N-dealkylation sites (tertiary alicyclic amines) is 1. The molecule has 1 aromatic carbocycles. The average molecular weight is 275 g/mol. The summed E-state index contributed by atoms with van der Waals surface area (Å²) < 4.78 is 0. The van der Waals surface area contributed by atoms with E-state index in [1.807, 2.05) is 6.07 Å². The molecule has 0 saturated carbocycles. The number of carbonyl (C=O) groups excluding carboxylic acids is 2. The van der Waals surface area contributed by atoms with E-state index < -0.39 is 0 Å². The molecule has 5 heteroatoms. The second-order valence-electron chi connectivity index (χ2n) is 5.35. The first kappa shape index (κ1) is 14.7. The van der Waals surface area contributed by atoms with Crippen LogP contribution >= 0.6 is 0 Å². The monoisotopic (exact) mass is 275 g/mol. The Morgan fingerprint density at radius 3 is 2.70 bits per heavy atom. The smallest absolute Gasteiger partial charge is 0.257 e. The molecular weight excluding hydrogens is 254 g/mol. The highest BCUT2D eigenvalue weighted by atomic mass is 16.2. The molecular formula is C15H21N3O2. The number of nitrogens with two attached hydrogens (primary N) is 1. The SMILES string of the molecule is CC1CC(N)CCN1CC(=O)NC(=O)c1ccccc1. The Morgan fingerprint density at radius 1 is 1.35 bits per heavy atom. The van der Waals surface area contributed by atoms with E-state index in [0.717, 1.165) is 19.4 Å². The molecule has 3 N–H and O–H groups in total. The van der Waals surface area contributed by atoms with Gasteiger partial charge in [-0.25, -0.2) is 0 Å². The van der Waals surface area contributed by atoms with Gasteiger partial charge in [-0.15, -0.1) is 0 Å². The van der Waals surface area contributed by atoms with Crippen LogP contribution in [0, 0.1) is 0 Å². The zero-order valence-corrected chi connectivity index (χ0v) is 11.7. The van der Waals surface area contributed by atoms with Gasteiger partial charge in [0.05, 0.1) is 6.54 Å². The molecule has 1 fully saturated rings. The molecule has 5 nitrogen and oxygen atoms in total. The van der Waals surface area contributed by atoms with Crippen molar-refractivity contribution in [3.05, 3.63) is 35.9 Å². The number of piperidine rings is 1. The number of nitrogens with zero attached hydrogens (tertiary/aromatic N) is 1. The molecule has 0 bridgehead atoms. The van der Waals surface area contributed by atoms with E-state index in [9.17, 15) is 9.59 Å². The molecule has 2 unspecified atom stereocenters. The molecule has 1 aliphatic heterocycles. The van der Waals surface area contributed by atoms with E-state index in [2.05, 4.69) is 17.1 Å². The zero-order chi connectivity index (χ0) is 14.5. The fourth-order valence-electron chi connectivity index (χ4n) is 2.50. The summed E-state index contributed by atoms with van der Waals surface area (Å²) in [6, 6.07) is 9.24. The molecule has 2 rings (SSSR count). The third-order valence-corrected chi connectivity index (χ3v) is 3.69. The summed E-state index contributed by atoms with van der Waals surface area (Å²) >= 11 is 0. The number of rotatable bonds is 3. The highest BCUT2D eigenvalue weighted by Gasteiger charge is 2.25. The molecule has 1 aliphatic rings. The van der Waals surface area contributed by atoms with Gasteiger partial charge in [-0.3, -0.25) is 19.8 Å². The van der Waals surface area contributed by atoms with Crippen LogP contribution in [0.25, 0.3) is 0 Å². The number of amides is 2. The van der Waals surface area contributed by atoms with Gasteiger partial charge >= 0.3 is 0 Å². The third-order valence-electron chi connectivity index (χ3n) is 3.69. The van der Waals surface area contributed by atoms with Crippen molar-refractivity contribution in [1.29, 1.82) is 0 Å². The van der Waals surface area contributed by atoms with Crippen LogP contribution < -0.4 is 11.1 Å². The van der Waals surface area contributed by atoms with Crippen molar-refractivity contribution in [2.75, 3.05) is 13.1 Å². The van der Waals surface area contributed by atoms with Gasteiger partial charge in [-0.1, -0.05) is 18.2 Å². The largest absolute Gasteiger partial charge is 0.328 e. The first-order valence-corrected chi connectivity index (χ1v) is 6.95. The molecule has 108 valence electrons. The number of hydrogen-bond donors (Lipinski definition) is 2. The fraction of sp³-hybridized carbons (Fsp3) is 0.467. The van der Waals surface area contributed by atoms with Crippen molar-refractivity contribution < 1.29 is 9.59 Å². The minimum atomic E-state index is -0.350. The first-order valence-electron chi connectivity index (χ1n) is 6.95. The maximum Gasteiger partial charge on any atom is 0.257 e. The average Bonchev–Trinajstić information content (AvgIpc) is 2.43. The zero-order valence-electron chi connectivity index (χ0n) is 11.7. The van der Waals surface area contributed by atoms with Gasteiger partial charge in [0.1, 0.15) is 0 Å². The van der Waals surface area contributed by atoms with Crippen molar-refractivity contribution in [3.8, 4) is 0 Å². The fourth-order valence-corrected chi connectivity index (χ4v) is 2.50. The number of nitrogens with one attached hydrogen (secondary N) is 1.